The molecular formula is C47H42O18. The van der Waals surface area contributed by atoms with Crippen molar-refractivity contribution in [2.45, 2.75) is 54.9 Å². The van der Waals surface area contributed by atoms with Crippen LogP contribution in [0, 0.1) is 0 Å². The molecule has 13 N–H and O–H groups in total. The topological polar surface area (TPSA) is 309 Å². The summed E-state index contributed by atoms with van der Waals surface area (Å²) in [5.41, 5.74) is -0.460. The Labute approximate surface area is 368 Å². The van der Waals surface area contributed by atoms with Crippen molar-refractivity contribution in [2.75, 3.05) is 14.2 Å². The van der Waals surface area contributed by atoms with Gasteiger partial charge in [-0.05, 0) is 47.5 Å². The number of hydrogen-bond acceptors (Lipinski definition) is 18. The molecule has 6 aromatic carbocycles. The summed E-state index contributed by atoms with van der Waals surface area (Å²) in [4.78, 5) is 0. The van der Waals surface area contributed by atoms with E-state index in [-0.39, 0.29) is 91.2 Å². The van der Waals surface area contributed by atoms with Crippen LogP contribution >= 0.6 is 0 Å². The van der Waals surface area contributed by atoms with Crippen LogP contribution < -0.4 is 23.7 Å². The largest absolute Gasteiger partial charge is 0.508 e. The fourth-order valence-electron chi connectivity index (χ4n) is 9.25. The molecule has 65 heavy (non-hydrogen) atoms. The fourth-order valence-corrected chi connectivity index (χ4v) is 9.25. The van der Waals surface area contributed by atoms with Gasteiger partial charge in [0.15, 0.2) is 35.2 Å². The lowest BCUT2D eigenvalue weighted by molar-refractivity contribution is -0.00561. The van der Waals surface area contributed by atoms with Gasteiger partial charge in [0.05, 0.1) is 32.2 Å². The fraction of sp³-hybridized carbons (Fsp3) is 0.234. The summed E-state index contributed by atoms with van der Waals surface area (Å²) in [6.07, 6.45) is -9.49. The lowest BCUT2D eigenvalue weighted by Gasteiger charge is -2.43. The SMILES string of the molecule is COc1cc(C2Oc3cc(O)cc(O)c3C(c3c(O)cc(O)c4c3OC(c3ccc(O)cc3)C(O)C4c3c(O)cc(O)c4c3OC(c3ccc(O)c(O)c3)C(O)C4)C2O)cc(OC)c1O. The Hall–Kier alpha value is -7.80. The number of phenols is 10. The van der Waals surface area contributed by atoms with Crippen molar-refractivity contribution >= 4 is 0 Å². The van der Waals surface area contributed by atoms with Gasteiger partial charge in [0.1, 0.15) is 75.8 Å². The number of aromatic hydroxyl groups is 10. The van der Waals surface area contributed by atoms with Crippen LogP contribution in [-0.4, -0.2) is 98.9 Å². The Morgan fingerprint density at radius 2 is 0.969 bits per heavy atom. The summed E-state index contributed by atoms with van der Waals surface area (Å²) < 4.78 is 29.9. The average Bonchev–Trinajstić information content (AvgIpc) is 3.26. The summed E-state index contributed by atoms with van der Waals surface area (Å²) in [6.45, 7) is 0. The third kappa shape index (κ3) is 6.85. The van der Waals surface area contributed by atoms with E-state index in [9.17, 15) is 66.4 Å². The Bertz CT molecular complexity index is 2840. The lowest BCUT2D eigenvalue weighted by Crippen LogP contribution is -2.39. The number of aliphatic hydroxyl groups is 3. The third-order valence-corrected chi connectivity index (χ3v) is 12.2. The number of benzene rings is 6. The minimum Gasteiger partial charge on any atom is -0.508 e. The zero-order valence-corrected chi connectivity index (χ0v) is 34.2. The van der Waals surface area contributed by atoms with E-state index >= 15 is 0 Å². The molecule has 6 aromatic rings. The standard InChI is InChI=1S/C47H42O18/c1-61-32-10-19(11-33(62-2)40(32)58)45-41(59)38(34-26(53)12-21(49)13-31(34)63-45)36-28(55)16-29(56)37-39(42(60)44(65-47(36)37)17-3-6-20(48)7-4-17)35-27(54)15-24(51)22-14-30(57)43(64-46(22)35)18-5-8-23(50)25(52)9-18/h3-13,15-16,30,38-39,41-45,48-60H,14H2,1-2H3. The van der Waals surface area contributed by atoms with E-state index < -0.39 is 94.5 Å². The van der Waals surface area contributed by atoms with E-state index in [1.54, 1.807) is 0 Å². The first-order valence-electron chi connectivity index (χ1n) is 20.0. The molecule has 18 heteroatoms. The van der Waals surface area contributed by atoms with Crippen LogP contribution in [0.15, 0.2) is 78.9 Å². The van der Waals surface area contributed by atoms with Gasteiger partial charge in [0, 0.05) is 64.1 Å². The zero-order chi connectivity index (χ0) is 46.3. The Kier molecular flexibility index (Phi) is 10.3. The highest BCUT2D eigenvalue weighted by Gasteiger charge is 2.51. The molecule has 0 amide bonds. The Morgan fingerprint density at radius 1 is 0.446 bits per heavy atom. The molecule has 0 fully saturated rings. The van der Waals surface area contributed by atoms with E-state index in [0.717, 1.165) is 30.3 Å². The molecule has 3 aliphatic rings. The molecular weight excluding hydrogens is 852 g/mol. The number of phenolic OH excluding ortho intramolecular Hbond substituents is 10. The Morgan fingerprint density at radius 3 is 1.57 bits per heavy atom. The van der Waals surface area contributed by atoms with E-state index in [1.807, 2.05) is 0 Å². The van der Waals surface area contributed by atoms with Crippen molar-refractivity contribution in [3.8, 4) is 86.2 Å². The zero-order valence-electron chi connectivity index (χ0n) is 34.2. The van der Waals surface area contributed by atoms with Gasteiger partial charge in [-0.25, -0.2) is 0 Å². The monoisotopic (exact) mass is 894 g/mol. The molecule has 0 radical (unpaired) electrons. The molecule has 0 saturated heterocycles. The van der Waals surface area contributed by atoms with Crippen LogP contribution in [-0.2, 0) is 6.42 Å². The van der Waals surface area contributed by atoms with Crippen LogP contribution in [0.4, 0.5) is 0 Å². The maximum Gasteiger partial charge on any atom is 0.200 e. The molecule has 338 valence electrons. The van der Waals surface area contributed by atoms with E-state index in [2.05, 4.69) is 0 Å². The maximum absolute atomic E-state index is 12.6. The predicted octanol–water partition coefficient (Wildman–Crippen LogP) is 5.05. The third-order valence-electron chi connectivity index (χ3n) is 12.2. The van der Waals surface area contributed by atoms with E-state index in [1.165, 1.54) is 62.8 Å². The molecule has 8 atom stereocenters. The van der Waals surface area contributed by atoms with E-state index in [4.69, 9.17) is 23.7 Å². The molecule has 9 rings (SSSR count). The highest BCUT2D eigenvalue weighted by atomic mass is 16.5. The van der Waals surface area contributed by atoms with Gasteiger partial charge >= 0.3 is 0 Å². The number of methoxy groups -OCH3 is 2. The highest BCUT2D eigenvalue weighted by molar-refractivity contribution is 5.71. The van der Waals surface area contributed by atoms with Crippen molar-refractivity contribution in [3.05, 3.63) is 123 Å². The number of hydrogen-bond donors (Lipinski definition) is 13. The van der Waals surface area contributed by atoms with Gasteiger partial charge in [0.25, 0.3) is 0 Å². The smallest absolute Gasteiger partial charge is 0.200 e. The lowest BCUT2D eigenvalue weighted by atomic mass is 9.73. The molecule has 0 aromatic heterocycles. The number of ether oxygens (including phenoxy) is 5. The highest BCUT2D eigenvalue weighted by Crippen LogP contribution is 2.62. The number of rotatable bonds is 7. The van der Waals surface area contributed by atoms with Crippen LogP contribution in [0.5, 0.6) is 86.2 Å². The quantitative estimate of drug-likeness (QED) is 0.0933. The van der Waals surface area contributed by atoms with Crippen molar-refractivity contribution in [2.24, 2.45) is 0 Å². The molecule has 0 aliphatic carbocycles. The van der Waals surface area contributed by atoms with Crippen LogP contribution in [0.25, 0.3) is 0 Å². The first-order valence-corrected chi connectivity index (χ1v) is 20.0. The number of fused-ring (bicyclic) bond motifs is 3. The van der Waals surface area contributed by atoms with Gasteiger partial charge in [-0.15, -0.1) is 0 Å². The van der Waals surface area contributed by atoms with Crippen LogP contribution in [0.3, 0.4) is 0 Å². The maximum atomic E-state index is 12.6. The minimum absolute atomic E-state index is 0.0226. The minimum atomic E-state index is -1.81. The van der Waals surface area contributed by atoms with E-state index in [0.29, 0.717) is 0 Å². The molecule has 3 heterocycles. The van der Waals surface area contributed by atoms with Crippen molar-refractivity contribution in [1.82, 2.24) is 0 Å². The van der Waals surface area contributed by atoms with Gasteiger partial charge in [-0.3, -0.25) is 0 Å². The second-order valence-electron chi connectivity index (χ2n) is 16.0. The molecule has 0 saturated carbocycles. The van der Waals surface area contributed by atoms with Crippen LogP contribution in [0.1, 0.15) is 74.7 Å². The molecule has 3 aliphatic heterocycles. The Balaban J connectivity index is 1.30. The molecule has 0 bridgehead atoms. The van der Waals surface area contributed by atoms with Gasteiger partial charge in [0.2, 0.25) is 5.75 Å². The summed E-state index contributed by atoms with van der Waals surface area (Å²) in [5.74, 6) is -9.29. The summed E-state index contributed by atoms with van der Waals surface area (Å²) in [7, 11) is 2.57. The van der Waals surface area contributed by atoms with Crippen molar-refractivity contribution < 1.29 is 90.1 Å². The second kappa shape index (κ2) is 15.8. The molecule has 0 spiro atoms. The van der Waals surface area contributed by atoms with Gasteiger partial charge in [-0.1, -0.05) is 18.2 Å². The normalized spacial score (nSPS) is 23.2. The predicted molar refractivity (Wildman–Crippen MR) is 224 cm³/mol. The summed E-state index contributed by atoms with van der Waals surface area (Å²) in [6, 6.07) is 15.9. The van der Waals surface area contributed by atoms with Crippen molar-refractivity contribution in [1.29, 1.82) is 0 Å². The first kappa shape index (κ1) is 42.5. The van der Waals surface area contributed by atoms with Crippen LogP contribution in [0.2, 0.25) is 0 Å². The summed E-state index contributed by atoms with van der Waals surface area (Å²) in [5, 5.41) is 147. The first-order chi connectivity index (χ1) is 31.0. The number of aliphatic hydroxyl groups excluding tert-OH is 3. The van der Waals surface area contributed by atoms with Gasteiger partial charge < -0.3 is 90.1 Å². The second-order valence-corrected chi connectivity index (χ2v) is 16.0. The molecule has 18 nitrogen and oxygen atoms in total. The van der Waals surface area contributed by atoms with Gasteiger partial charge in [-0.2, -0.15) is 0 Å². The summed E-state index contributed by atoms with van der Waals surface area (Å²) >= 11 is 0. The average molecular weight is 895 g/mol. The van der Waals surface area contributed by atoms with Crippen molar-refractivity contribution in [3.63, 3.8) is 0 Å². The molecule has 8 unspecified atom stereocenters.